The Balaban J connectivity index is 1.46. The normalized spacial score (nSPS) is 11.4. The minimum Gasteiger partial charge on any atom is -0.454 e. The van der Waals surface area contributed by atoms with Crippen molar-refractivity contribution >= 4 is 39.9 Å². The Morgan fingerprint density at radius 2 is 1.90 bits per heavy atom. The zero-order valence-electron chi connectivity index (χ0n) is 17.0. The second kappa shape index (κ2) is 9.31. The molecule has 8 nitrogen and oxygen atoms in total. The molecule has 2 aromatic carbocycles. The first-order valence-corrected chi connectivity index (χ1v) is 10.4. The highest BCUT2D eigenvalue weighted by atomic mass is 32.1. The molecule has 0 aliphatic carbocycles. The standard InChI is InChI=1S/C22H20N6O2S/c1-15-8-10-18(11-9-15)23-22-24-19(14-31-22)13-30-21(29)20(28-16(2)25-26-27-28)12-17-6-4-3-5-7-17/h3-12,14H,13H2,1-2H3,(H,23,24)/b20-12-. The molecular weight excluding hydrogens is 412 g/mol. The lowest BCUT2D eigenvalue weighted by atomic mass is 10.2. The molecule has 9 heteroatoms. The molecule has 0 atom stereocenters. The summed E-state index contributed by atoms with van der Waals surface area (Å²) >= 11 is 1.45. The van der Waals surface area contributed by atoms with Crippen molar-refractivity contribution in [2.45, 2.75) is 20.5 Å². The van der Waals surface area contributed by atoms with E-state index in [0.717, 1.165) is 16.4 Å². The van der Waals surface area contributed by atoms with Crippen molar-refractivity contribution < 1.29 is 9.53 Å². The Hall–Kier alpha value is -3.85. The summed E-state index contributed by atoms with van der Waals surface area (Å²) in [6.45, 7) is 3.80. The van der Waals surface area contributed by atoms with Crippen LogP contribution in [0.1, 0.15) is 22.6 Å². The zero-order chi connectivity index (χ0) is 21.6. The van der Waals surface area contributed by atoms with E-state index in [2.05, 4.69) is 25.8 Å². The fourth-order valence-electron chi connectivity index (χ4n) is 2.77. The van der Waals surface area contributed by atoms with Crippen molar-refractivity contribution in [2.75, 3.05) is 5.32 Å². The van der Waals surface area contributed by atoms with Gasteiger partial charge in [-0.3, -0.25) is 0 Å². The summed E-state index contributed by atoms with van der Waals surface area (Å²) in [7, 11) is 0. The number of ether oxygens (including phenoxy) is 1. The molecule has 2 aromatic heterocycles. The van der Waals surface area contributed by atoms with Crippen molar-refractivity contribution in [3.63, 3.8) is 0 Å². The largest absolute Gasteiger partial charge is 0.454 e. The number of rotatable bonds is 7. The lowest BCUT2D eigenvalue weighted by molar-refractivity contribution is -0.138. The number of aromatic nitrogens is 5. The molecule has 0 radical (unpaired) electrons. The van der Waals surface area contributed by atoms with Crippen LogP contribution in [0.2, 0.25) is 0 Å². The van der Waals surface area contributed by atoms with Crippen molar-refractivity contribution in [1.29, 1.82) is 0 Å². The van der Waals surface area contributed by atoms with Gasteiger partial charge in [-0.05, 0) is 48.0 Å². The molecule has 0 saturated heterocycles. The van der Waals surface area contributed by atoms with Crippen LogP contribution in [0.3, 0.4) is 0 Å². The molecule has 4 rings (SSSR count). The Bertz CT molecular complexity index is 1200. The number of tetrazole rings is 1. The van der Waals surface area contributed by atoms with Crippen LogP contribution in [0.4, 0.5) is 10.8 Å². The van der Waals surface area contributed by atoms with E-state index in [-0.39, 0.29) is 12.3 Å². The van der Waals surface area contributed by atoms with Crippen LogP contribution >= 0.6 is 11.3 Å². The Morgan fingerprint density at radius 3 is 2.61 bits per heavy atom. The molecule has 2 heterocycles. The third-order valence-corrected chi connectivity index (χ3v) is 5.18. The van der Waals surface area contributed by atoms with Gasteiger partial charge < -0.3 is 10.1 Å². The topological polar surface area (TPSA) is 94.8 Å². The third kappa shape index (κ3) is 5.20. The van der Waals surface area contributed by atoms with Crippen LogP contribution in [0.5, 0.6) is 0 Å². The molecule has 0 amide bonds. The fourth-order valence-corrected chi connectivity index (χ4v) is 3.49. The van der Waals surface area contributed by atoms with Crippen molar-refractivity contribution in [3.8, 4) is 0 Å². The van der Waals surface area contributed by atoms with Gasteiger partial charge in [0.15, 0.2) is 16.7 Å². The SMILES string of the molecule is Cc1ccc(Nc2nc(COC(=O)/C(=C/c3ccccc3)n3nnnc3C)cs2)cc1. The molecule has 31 heavy (non-hydrogen) atoms. The van der Waals surface area contributed by atoms with Gasteiger partial charge in [-0.2, -0.15) is 4.68 Å². The summed E-state index contributed by atoms with van der Waals surface area (Å²) in [4.78, 5) is 17.3. The lowest BCUT2D eigenvalue weighted by Crippen LogP contribution is -2.15. The monoisotopic (exact) mass is 432 g/mol. The van der Waals surface area contributed by atoms with Gasteiger partial charge in [0.2, 0.25) is 0 Å². The van der Waals surface area contributed by atoms with Gasteiger partial charge in [-0.15, -0.1) is 16.4 Å². The van der Waals surface area contributed by atoms with Crippen LogP contribution < -0.4 is 5.32 Å². The smallest absolute Gasteiger partial charge is 0.357 e. The fraction of sp³-hybridized carbons (Fsp3) is 0.136. The van der Waals surface area contributed by atoms with Crippen molar-refractivity contribution in [3.05, 3.63) is 82.6 Å². The molecule has 4 aromatic rings. The first-order chi connectivity index (χ1) is 15.1. The van der Waals surface area contributed by atoms with E-state index in [1.807, 2.05) is 66.9 Å². The molecule has 0 unspecified atom stereocenters. The molecule has 0 aliphatic rings. The number of nitrogens with one attached hydrogen (secondary N) is 1. The van der Waals surface area contributed by atoms with Gasteiger partial charge in [0.25, 0.3) is 0 Å². The second-order valence-corrected chi connectivity index (χ2v) is 7.65. The second-order valence-electron chi connectivity index (χ2n) is 6.79. The van der Waals surface area contributed by atoms with Crippen LogP contribution in [-0.4, -0.2) is 31.2 Å². The summed E-state index contributed by atoms with van der Waals surface area (Å²) in [5, 5.41) is 17.2. The predicted molar refractivity (Wildman–Crippen MR) is 120 cm³/mol. The lowest BCUT2D eigenvalue weighted by Gasteiger charge is -2.08. The van der Waals surface area contributed by atoms with Crippen LogP contribution in [-0.2, 0) is 16.1 Å². The molecule has 1 N–H and O–H groups in total. The van der Waals surface area contributed by atoms with E-state index < -0.39 is 5.97 Å². The van der Waals surface area contributed by atoms with Crippen molar-refractivity contribution in [1.82, 2.24) is 25.2 Å². The van der Waals surface area contributed by atoms with Gasteiger partial charge in [0, 0.05) is 11.1 Å². The van der Waals surface area contributed by atoms with E-state index in [4.69, 9.17) is 4.74 Å². The number of carbonyl (C=O) groups is 1. The van der Waals surface area contributed by atoms with Gasteiger partial charge in [0.05, 0.1) is 5.69 Å². The Kier molecular flexibility index (Phi) is 6.13. The zero-order valence-corrected chi connectivity index (χ0v) is 17.8. The van der Waals surface area contributed by atoms with E-state index in [0.29, 0.717) is 11.5 Å². The highest BCUT2D eigenvalue weighted by molar-refractivity contribution is 7.13. The number of aryl methyl sites for hydroxylation is 2. The number of carbonyl (C=O) groups excluding carboxylic acids is 1. The number of hydrogen-bond donors (Lipinski definition) is 1. The van der Waals surface area contributed by atoms with Crippen molar-refractivity contribution in [2.24, 2.45) is 0 Å². The number of nitrogens with zero attached hydrogens (tertiary/aromatic N) is 5. The maximum absolute atomic E-state index is 12.9. The number of anilines is 2. The minimum atomic E-state index is -0.541. The van der Waals surface area contributed by atoms with E-state index in [9.17, 15) is 4.79 Å². The summed E-state index contributed by atoms with van der Waals surface area (Å²) < 4.78 is 6.88. The first kappa shape index (κ1) is 20.4. The maximum Gasteiger partial charge on any atom is 0.357 e. The summed E-state index contributed by atoms with van der Waals surface area (Å²) in [6.07, 6.45) is 1.69. The number of esters is 1. The minimum absolute atomic E-state index is 0.0399. The number of thiazole rings is 1. The van der Waals surface area contributed by atoms with E-state index in [1.54, 1.807) is 13.0 Å². The predicted octanol–water partition coefficient (Wildman–Crippen LogP) is 4.23. The maximum atomic E-state index is 12.9. The van der Waals surface area contributed by atoms with Gasteiger partial charge in [-0.1, -0.05) is 48.0 Å². The molecule has 156 valence electrons. The summed E-state index contributed by atoms with van der Waals surface area (Å²) in [5.41, 5.74) is 3.85. The number of benzene rings is 2. The Morgan fingerprint density at radius 1 is 1.13 bits per heavy atom. The molecule has 0 bridgehead atoms. The van der Waals surface area contributed by atoms with E-state index in [1.165, 1.54) is 21.6 Å². The molecule has 0 aliphatic heterocycles. The first-order valence-electron chi connectivity index (χ1n) is 9.56. The highest BCUT2D eigenvalue weighted by Gasteiger charge is 2.18. The van der Waals surface area contributed by atoms with Gasteiger partial charge >= 0.3 is 5.97 Å². The average Bonchev–Trinajstić information content (AvgIpc) is 3.41. The van der Waals surface area contributed by atoms with Gasteiger partial charge in [0.1, 0.15) is 6.61 Å². The van der Waals surface area contributed by atoms with Crippen LogP contribution in [0, 0.1) is 13.8 Å². The summed E-state index contributed by atoms with van der Waals surface area (Å²) in [5.74, 6) is -0.0577. The van der Waals surface area contributed by atoms with Crippen LogP contribution in [0.25, 0.3) is 11.8 Å². The quantitative estimate of drug-likeness (QED) is 0.345. The summed E-state index contributed by atoms with van der Waals surface area (Å²) in [6, 6.07) is 17.5. The molecule has 0 spiro atoms. The molecule has 0 fully saturated rings. The van der Waals surface area contributed by atoms with Gasteiger partial charge in [-0.25, -0.2) is 9.78 Å². The average molecular weight is 433 g/mol. The number of hydrogen-bond acceptors (Lipinski definition) is 8. The molecular formula is C22H20N6O2S. The van der Waals surface area contributed by atoms with Crippen LogP contribution in [0.15, 0.2) is 60.0 Å². The Labute approximate surface area is 183 Å². The third-order valence-electron chi connectivity index (χ3n) is 4.37. The highest BCUT2D eigenvalue weighted by Crippen LogP contribution is 2.22. The molecule has 0 saturated carbocycles. The van der Waals surface area contributed by atoms with E-state index >= 15 is 0 Å².